The normalized spacial score (nSPS) is 24.1. The fourth-order valence-corrected chi connectivity index (χ4v) is 5.13. The molecule has 146 valence electrons. The molecule has 2 heterocycles. The lowest BCUT2D eigenvalue weighted by atomic mass is 10.1. The van der Waals surface area contributed by atoms with E-state index in [9.17, 15) is 27.2 Å². The molecule has 10 heteroatoms. The molecule has 0 unspecified atom stereocenters. The van der Waals surface area contributed by atoms with Gasteiger partial charge in [-0.1, -0.05) is 0 Å². The van der Waals surface area contributed by atoms with Gasteiger partial charge in [0.05, 0.1) is 30.1 Å². The molecule has 0 radical (unpaired) electrons. The van der Waals surface area contributed by atoms with Crippen LogP contribution in [0, 0.1) is 11.7 Å². The van der Waals surface area contributed by atoms with Gasteiger partial charge in [-0.3, -0.25) is 9.59 Å². The van der Waals surface area contributed by atoms with Gasteiger partial charge in [0.15, 0.2) is 9.84 Å². The summed E-state index contributed by atoms with van der Waals surface area (Å²) in [6.07, 6.45) is 0.357. The minimum absolute atomic E-state index is 0.0204. The molecule has 3 rings (SSSR count). The van der Waals surface area contributed by atoms with E-state index in [1.54, 1.807) is 0 Å². The molecule has 0 aromatic heterocycles. The van der Waals surface area contributed by atoms with Crippen LogP contribution >= 0.6 is 0 Å². The zero-order valence-corrected chi connectivity index (χ0v) is 15.4. The maximum Gasteiger partial charge on any atom is 0.340 e. The van der Waals surface area contributed by atoms with Gasteiger partial charge in [-0.05, 0) is 24.6 Å². The van der Waals surface area contributed by atoms with Crippen molar-refractivity contribution in [3.8, 4) is 0 Å². The highest BCUT2D eigenvalue weighted by atomic mass is 32.2. The van der Waals surface area contributed by atoms with Crippen molar-refractivity contribution in [3.05, 3.63) is 29.6 Å². The fourth-order valence-electron chi connectivity index (χ4n) is 3.40. The van der Waals surface area contributed by atoms with Crippen LogP contribution in [0.5, 0.6) is 0 Å². The predicted molar refractivity (Wildman–Crippen MR) is 93.2 cm³/mol. The summed E-state index contributed by atoms with van der Waals surface area (Å²) in [7, 11) is -2.02. The van der Waals surface area contributed by atoms with Crippen LogP contribution in [0.3, 0.4) is 0 Å². The number of anilines is 1. The maximum atomic E-state index is 13.7. The third kappa shape index (κ3) is 4.10. The molecule has 27 heavy (non-hydrogen) atoms. The highest BCUT2D eigenvalue weighted by molar-refractivity contribution is 7.91. The maximum absolute atomic E-state index is 13.7. The smallest absolute Gasteiger partial charge is 0.340 e. The lowest BCUT2D eigenvalue weighted by molar-refractivity contribution is -0.129. The molecule has 0 aliphatic carbocycles. The van der Waals surface area contributed by atoms with E-state index in [0.717, 1.165) is 19.2 Å². The van der Waals surface area contributed by atoms with E-state index < -0.39 is 39.5 Å². The molecule has 1 aromatic rings. The number of hydrogen-bond acceptors (Lipinski definition) is 6. The number of halogens is 1. The first-order chi connectivity index (χ1) is 12.7. The Hall–Kier alpha value is -2.49. The topological polar surface area (TPSA) is 110 Å². The number of likely N-dealkylation sites (tertiary alicyclic amines) is 1. The minimum atomic E-state index is -3.14. The molecule has 2 aliphatic heterocycles. The van der Waals surface area contributed by atoms with Crippen LogP contribution in [0.2, 0.25) is 0 Å². The lowest BCUT2D eigenvalue weighted by Crippen LogP contribution is -2.38. The number of hydrogen-bond donors (Lipinski definition) is 1. The van der Waals surface area contributed by atoms with Crippen molar-refractivity contribution in [2.45, 2.75) is 18.9 Å². The van der Waals surface area contributed by atoms with E-state index in [-0.39, 0.29) is 41.6 Å². The van der Waals surface area contributed by atoms with Gasteiger partial charge in [0.25, 0.3) is 0 Å². The van der Waals surface area contributed by atoms with Gasteiger partial charge in [-0.25, -0.2) is 17.6 Å². The molecule has 0 spiro atoms. The highest BCUT2D eigenvalue weighted by Gasteiger charge is 2.41. The zero-order valence-electron chi connectivity index (χ0n) is 14.6. The Balaban J connectivity index is 1.67. The van der Waals surface area contributed by atoms with E-state index in [2.05, 4.69) is 10.1 Å². The summed E-state index contributed by atoms with van der Waals surface area (Å²) in [6.45, 7) is 0.135. The number of sulfone groups is 1. The number of rotatable bonds is 4. The molecular weight excluding hydrogens is 379 g/mol. The quantitative estimate of drug-likeness (QED) is 0.744. The number of esters is 1. The first kappa shape index (κ1) is 19.3. The number of nitrogens with one attached hydrogen (secondary N) is 1. The lowest BCUT2D eigenvalue weighted by Gasteiger charge is -2.22. The Labute approximate surface area is 155 Å². The second-order valence-corrected chi connectivity index (χ2v) is 8.91. The molecule has 2 fully saturated rings. The Morgan fingerprint density at radius 1 is 1.33 bits per heavy atom. The van der Waals surface area contributed by atoms with Crippen LogP contribution < -0.4 is 5.32 Å². The fraction of sp³-hybridized carbons (Fsp3) is 0.471. The van der Waals surface area contributed by atoms with Crippen LogP contribution in [-0.2, 0) is 24.2 Å². The van der Waals surface area contributed by atoms with Crippen molar-refractivity contribution in [2.75, 3.05) is 30.5 Å². The SMILES string of the molecule is COC(=O)c1cc(NC(=O)[C@@H]2CC(=O)N([C@@H]3CCS(=O)(=O)C3)C2)ccc1F. The molecule has 1 N–H and O–H groups in total. The van der Waals surface area contributed by atoms with Crippen molar-refractivity contribution in [2.24, 2.45) is 5.92 Å². The first-order valence-corrected chi connectivity index (χ1v) is 10.2. The monoisotopic (exact) mass is 398 g/mol. The van der Waals surface area contributed by atoms with Gasteiger partial charge in [-0.2, -0.15) is 0 Å². The first-order valence-electron chi connectivity index (χ1n) is 8.39. The summed E-state index contributed by atoms with van der Waals surface area (Å²) in [6, 6.07) is 3.11. The highest BCUT2D eigenvalue weighted by Crippen LogP contribution is 2.27. The molecule has 0 bridgehead atoms. The van der Waals surface area contributed by atoms with E-state index in [1.165, 1.54) is 11.0 Å². The summed E-state index contributed by atoms with van der Waals surface area (Å²) in [5, 5.41) is 2.57. The Morgan fingerprint density at radius 3 is 2.70 bits per heavy atom. The van der Waals surface area contributed by atoms with E-state index in [4.69, 9.17) is 0 Å². The number of nitrogens with zero attached hydrogens (tertiary/aromatic N) is 1. The van der Waals surface area contributed by atoms with Crippen molar-refractivity contribution in [1.82, 2.24) is 4.90 Å². The van der Waals surface area contributed by atoms with Gasteiger partial charge in [0.1, 0.15) is 5.82 Å². The number of ether oxygens (including phenoxy) is 1. The average molecular weight is 398 g/mol. The number of benzene rings is 1. The van der Waals surface area contributed by atoms with E-state index in [0.29, 0.717) is 6.42 Å². The van der Waals surface area contributed by atoms with Gasteiger partial charge < -0.3 is 15.0 Å². The van der Waals surface area contributed by atoms with Gasteiger partial charge in [0, 0.05) is 24.7 Å². The van der Waals surface area contributed by atoms with Crippen LogP contribution in [0.15, 0.2) is 18.2 Å². The number of carbonyl (C=O) groups is 3. The van der Waals surface area contributed by atoms with Crippen LogP contribution in [0.25, 0.3) is 0 Å². The van der Waals surface area contributed by atoms with Crippen LogP contribution in [0.4, 0.5) is 10.1 Å². The average Bonchev–Trinajstić information content (AvgIpc) is 3.18. The standard InChI is InChI=1S/C17H19FN2O6S/c1-26-17(23)13-7-11(2-3-14(13)18)19-16(22)10-6-15(21)20(8-10)12-4-5-27(24,25)9-12/h2-3,7,10,12H,4-6,8-9H2,1H3,(H,19,22)/t10-,12-/m1/s1. The van der Waals surface area contributed by atoms with Crippen LogP contribution in [0.1, 0.15) is 23.2 Å². The minimum Gasteiger partial charge on any atom is -0.465 e. The molecular formula is C17H19FN2O6S. The Bertz CT molecular complexity index is 901. The van der Waals surface area contributed by atoms with E-state index in [1.807, 2.05) is 0 Å². The summed E-state index contributed by atoms with van der Waals surface area (Å²) in [5.41, 5.74) is -0.105. The Morgan fingerprint density at radius 2 is 2.07 bits per heavy atom. The van der Waals surface area contributed by atoms with Gasteiger partial charge in [0.2, 0.25) is 11.8 Å². The van der Waals surface area contributed by atoms with Gasteiger partial charge >= 0.3 is 5.97 Å². The summed E-state index contributed by atoms with van der Waals surface area (Å²) < 4.78 is 41.4. The second kappa shape index (κ2) is 7.26. The summed E-state index contributed by atoms with van der Waals surface area (Å²) >= 11 is 0. The summed E-state index contributed by atoms with van der Waals surface area (Å²) in [4.78, 5) is 37.7. The molecule has 2 amide bonds. The molecule has 1 aromatic carbocycles. The van der Waals surface area contributed by atoms with Crippen molar-refractivity contribution in [3.63, 3.8) is 0 Å². The number of carbonyl (C=O) groups excluding carboxylic acids is 3. The molecule has 0 saturated carbocycles. The molecule has 8 nitrogen and oxygen atoms in total. The zero-order chi connectivity index (χ0) is 19.8. The van der Waals surface area contributed by atoms with Crippen molar-refractivity contribution >= 4 is 33.3 Å². The number of methoxy groups -OCH3 is 1. The molecule has 2 atom stereocenters. The predicted octanol–water partition coefficient (Wildman–Crippen LogP) is 0.586. The van der Waals surface area contributed by atoms with Gasteiger partial charge in [-0.15, -0.1) is 0 Å². The largest absolute Gasteiger partial charge is 0.465 e. The third-order valence-corrected chi connectivity index (χ3v) is 6.57. The molecule has 2 aliphatic rings. The third-order valence-electron chi connectivity index (χ3n) is 4.82. The van der Waals surface area contributed by atoms with Crippen molar-refractivity contribution < 1.29 is 31.9 Å². The molecule has 2 saturated heterocycles. The number of amides is 2. The van der Waals surface area contributed by atoms with Crippen molar-refractivity contribution in [1.29, 1.82) is 0 Å². The second-order valence-electron chi connectivity index (χ2n) is 6.68. The summed E-state index contributed by atoms with van der Waals surface area (Å²) in [5.74, 6) is -3.02. The van der Waals surface area contributed by atoms with E-state index >= 15 is 0 Å². The Kier molecular flexibility index (Phi) is 5.18. The van der Waals surface area contributed by atoms with Crippen LogP contribution in [-0.4, -0.2) is 62.3 Å².